The summed E-state index contributed by atoms with van der Waals surface area (Å²) in [5.74, 6) is 2.31. The normalized spacial score (nSPS) is 14.0. The Morgan fingerprint density at radius 3 is 2.09 bits per heavy atom. The molecule has 0 aliphatic carbocycles. The van der Waals surface area contributed by atoms with Crippen LogP contribution in [0.4, 0.5) is 26.3 Å². The minimum Gasteiger partial charge on any atom is -0.475 e. The standard InChI is InChI=1S/C17H15F3N4O.C2HF3O2/c18-17(19,20)14-2-4-15(5-3-14)24-12-13(11-22-24)1-6-16(25)23-9-7-21-8-10-23;3-2(4,5)1(6)7/h2-5,11-12,21H,7-10H2;(H,6,7). The fourth-order valence-electron chi connectivity index (χ4n) is 2.40. The molecule has 2 heterocycles. The third kappa shape index (κ3) is 7.31. The Balaban J connectivity index is 0.000000451. The van der Waals surface area contributed by atoms with Crippen LogP contribution < -0.4 is 5.32 Å². The van der Waals surface area contributed by atoms with Crippen LogP contribution in [0.15, 0.2) is 36.7 Å². The summed E-state index contributed by atoms with van der Waals surface area (Å²) in [7, 11) is 0. The van der Waals surface area contributed by atoms with Crippen LogP contribution in [-0.4, -0.2) is 64.0 Å². The Morgan fingerprint density at radius 2 is 1.59 bits per heavy atom. The number of nitrogens with zero attached hydrogens (tertiary/aromatic N) is 3. The molecule has 7 nitrogen and oxygen atoms in total. The Hall–Kier alpha value is -3.53. The van der Waals surface area contributed by atoms with Crippen molar-refractivity contribution < 1.29 is 41.0 Å². The van der Waals surface area contributed by atoms with Gasteiger partial charge in [0.05, 0.1) is 23.0 Å². The smallest absolute Gasteiger partial charge is 0.475 e. The predicted octanol–water partition coefficient (Wildman–Crippen LogP) is 2.31. The number of carboxylic acid groups (broad SMARTS) is 1. The van der Waals surface area contributed by atoms with Crippen LogP contribution in [0.5, 0.6) is 0 Å². The number of hydrogen-bond acceptors (Lipinski definition) is 4. The zero-order valence-corrected chi connectivity index (χ0v) is 16.2. The van der Waals surface area contributed by atoms with E-state index in [0.29, 0.717) is 24.3 Å². The zero-order chi connectivity index (χ0) is 23.9. The molecule has 1 aliphatic heterocycles. The number of piperazine rings is 1. The molecule has 0 saturated carbocycles. The van der Waals surface area contributed by atoms with Gasteiger partial charge in [-0.15, -0.1) is 0 Å². The quantitative estimate of drug-likeness (QED) is 0.502. The van der Waals surface area contributed by atoms with Gasteiger partial charge in [-0.25, -0.2) is 9.48 Å². The van der Waals surface area contributed by atoms with Gasteiger partial charge in [-0.1, -0.05) is 5.92 Å². The number of alkyl halides is 6. The molecule has 3 rings (SSSR count). The third-order valence-corrected chi connectivity index (χ3v) is 4.00. The molecule has 1 aromatic carbocycles. The number of carbonyl (C=O) groups excluding carboxylic acids is 1. The van der Waals surface area contributed by atoms with Crippen molar-refractivity contribution in [3.05, 3.63) is 47.8 Å². The highest BCUT2D eigenvalue weighted by Crippen LogP contribution is 2.29. The van der Waals surface area contributed by atoms with E-state index in [1.54, 1.807) is 11.1 Å². The molecule has 13 heteroatoms. The average molecular weight is 462 g/mol. The summed E-state index contributed by atoms with van der Waals surface area (Å²) in [5, 5.41) is 14.3. The lowest BCUT2D eigenvalue weighted by Gasteiger charge is -2.25. The number of hydrogen-bond donors (Lipinski definition) is 2. The van der Waals surface area contributed by atoms with E-state index < -0.39 is 23.9 Å². The SMILES string of the molecule is O=C(C#Cc1cnn(-c2ccc(C(F)(F)F)cc2)c1)N1CCNCC1.O=C(O)C(F)(F)F. The van der Waals surface area contributed by atoms with Gasteiger partial charge < -0.3 is 15.3 Å². The van der Waals surface area contributed by atoms with E-state index in [4.69, 9.17) is 9.90 Å². The van der Waals surface area contributed by atoms with Crippen LogP contribution in [0.2, 0.25) is 0 Å². The number of aromatic nitrogens is 2. The number of benzene rings is 1. The first-order valence-corrected chi connectivity index (χ1v) is 8.92. The maximum Gasteiger partial charge on any atom is 0.490 e. The Morgan fingerprint density at radius 1 is 1.03 bits per heavy atom. The van der Waals surface area contributed by atoms with Crippen molar-refractivity contribution in [3.8, 4) is 17.5 Å². The molecule has 0 unspecified atom stereocenters. The first kappa shape index (κ1) is 24.7. The summed E-state index contributed by atoms with van der Waals surface area (Å²) in [4.78, 5) is 22.5. The molecule has 172 valence electrons. The predicted molar refractivity (Wildman–Crippen MR) is 98.6 cm³/mol. The van der Waals surface area contributed by atoms with E-state index in [1.165, 1.54) is 23.0 Å². The highest BCUT2D eigenvalue weighted by Gasteiger charge is 2.38. The molecule has 32 heavy (non-hydrogen) atoms. The number of amides is 1. The fourth-order valence-corrected chi connectivity index (χ4v) is 2.40. The van der Waals surface area contributed by atoms with Crippen LogP contribution in [0.1, 0.15) is 11.1 Å². The number of halogens is 6. The lowest BCUT2D eigenvalue weighted by Crippen LogP contribution is -2.46. The lowest BCUT2D eigenvalue weighted by atomic mass is 10.2. The van der Waals surface area contributed by atoms with Crippen LogP contribution in [0.3, 0.4) is 0 Å². The van der Waals surface area contributed by atoms with Gasteiger partial charge in [-0.3, -0.25) is 4.79 Å². The molecule has 2 aromatic rings. The number of rotatable bonds is 1. The van der Waals surface area contributed by atoms with E-state index in [1.807, 2.05) is 0 Å². The monoisotopic (exact) mass is 462 g/mol. The number of carboxylic acids is 1. The van der Waals surface area contributed by atoms with Crippen molar-refractivity contribution in [2.24, 2.45) is 0 Å². The van der Waals surface area contributed by atoms with Crippen molar-refractivity contribution in [2.45, 2.75) is 12.4 Å². The van der Waals surface area contributed by atoms with Crippen LogP contribution in [-0.2, 0) is 15.8 Å². The highest BCUT2D eigenvalue weighted by molar-refractivity contribution is 5.94. The molecule has 1 aliphatic rings. The van der Waals surface area contributed by atoms with Gasteiger partial charge in [0.2, 0.25) is 0 Å². The van der Waals surface area contributed by atoms with E-state index in [-0.39, 0.29) is 5.91 Å². The van der Waals surface area contributed by atoms with E-state index >= 15 is 0 Å². The van der Waals surface area contributed by atoms with Crippen molar-refractivity contribution in [1.29, 1.82) is 0 Å². The van der Waals surface area contributed by atoms with Gasteiger partial charge >= 0.3 is 18.3 Å². The van der Waals surface area contributed by atoms with E-state index in [2.05, 4.69) is 22.3 Å². The van der Waals surface area contributed by atoms with Gasteiger partial charge in [0.25, 0.3) is 5.91 Å². The van der Waals surface area contributed by atoms with Gasteiger partial charge in [0.1, 0.15) is 0 Å². The van der Waals surface area contributed by atoms with Gasteiger partial charge in [0.15, 0.2) is 0 Å². The van der Waals surface area contributed by atoms with Crippen molar-refractivity contribution in [1.82, 2.24) is 20.0 Å². The average Bonchev–Trinajstić information content (AvgIpc) is 3.21. The Labute approximate surface area is 177 Å². The van der Waals surface area contributed by atoms with Gasteiger partial charge in [-0.2, -0.15) is 31.4 Å². The summed E-state index contributed by atoms with van der Waals surface area (Å²) in [6.45, 7) is 2.75. The lowest BCUT2D eigenvalue weighted by molar-refractivity contribution is -0.192. The minimum atomic E-state index is -5.08. The van der Waals surface area contributed by atoms with Crippen LogP contribution >= 0.6 is 0 Å². The topological polar surface area (TPSA) is 87.5 Å². The van der Waals surface area contributed by atoms with Gasteiger partial charge in [0, 0.05) is 38.3 Å². The largest absolute Gasteiger partial charge is 0.490 e. The second-order valence-corrected chi connectivity index (χ2v) is 6.31. The highest BCUT2D eigenvalue weighted by atomic mass is 19.4. The molecule has 1 aromatic heterocycles. The molecule has 1 fully saturated rings. The summed E-state index contributed by atoms with van der Waals surface area (Å²) < 4.78 is 70.9. The second kappa shape index (κ2) is 10.2. The van der Waals surface area contributed by atoms with Crippen molar-refractivity contribution in [3.63, 3.8) is 0 Å². The molecule has 2 N–H and O–H groups in total. The number of carbonyl (C=O) groups is 2. The fraction of sp³-hybridized carbons (Fsp3) is 0.316. The summed E-state index contributed by atoms with van der Waals surface area (Å²) >= 11 is 0. The molecule has 0 atom stereocenters. The molecule has 1 saturated heterocycles. The Kier molecular flexibility index (Phi) is 7.87. The van der Waals surface area contributed by atoms with Crippen LogP contribution in [0.25, 0.3) is 5.69 Å². The van der Waals surface area contributed by atoms with Crippen molar-refractivity contribution in [2.75, 3.05) is 26.2 Å². The second-order valence-electron chi connectivity index (χ2n) is 6.31. The Bertz CT molecular complexity index is 997. The maximum absolute atomic E-state index is 12.6. The molecular weight excluding hydrogens is 446 g/mol. The van der Waals surface area contributed by atoms with E-state index in [0.717, 1.165) is 25.2 Å². The van der Waals surface area contributed by atoms with Crippen molar-refractivity contribution >= 4 is 11.9 Å². The summed E-state index contributed by atoms with van der Waals surface area (Å²) in [6, 6.07) is 4.66. The molecular formula is C19H16F6N4O3. The summed E-state index contributed by atoms with van der Waals surface area (Å²) in [5.41, 5.74) is 0.280. The molecule has 0 radical (unpaired) electrons. The molecule has 0 spiro atoms. The minimum absolute atomic E-state index is 0.246. The van der Waals surface area contributed by atoms with E-state index in [9.17, 15) is 31.1 Å². The summed E-state index contributed by atoms with van der Waals surface area (Å²) in [6.07, 6.45) is -6.42. The first-order chi connectivity index (χ1) is 14.9. The van der Waals surface area contributed by atoms with Crippen LogP contribution in [0, 0.1) is 11.8 Å². The first-order valence-electron chi connectivity index (χ1n) is 8.92. The molecule has 0 bridgehead atoms. The maximum atomic E-state index is 12.6. The number of aliphatic carboxylic acids is 1. The van der Waals surface area contributed by atoms with Gasteiger partial charge in [-0.05, 0) is 24.3 Å². The zero-order valence-electron chi connectivity index (χ0n) is 16.2. The third-order valence-electron chi connectivity index (χ3n) is 4.00. The number of nitrogens with one attached hydrogen (secondary N) is 1. The molecule has 1 amide bonds.